The Morgan fingerprint density at radius 2 is 2.08 bits per heavy atom. The van der Waals surface area contributed by atoms with E-state index >= 15 is 0 Å². The van der Waals surface area contributed by atoms with Crippen molar-refractivity contribution in [2.24, 2.45) is 5.73 Å². The molecule has 1 aliphatic rings. The molecule has 1 aliphatic heterocycles. The second-order valence-electron chi connectivity index (χ2n) is 5.98. The van der Waals surface area contributed by atoms with Crippen LogP contribution in [0, 0.1) is 0 Å². The van der Waals surface area contributed by atoms with Crippen molar-refractivity contribution >= 4 is 29.7 Å². The Morgan fingerprint density at radius 3 is 2.83 bits per heavy atom. The summed E-state index contributed by atoms with van der Waals surface area (Å²) in [4.78, 5) is 19.2. The van der Waals surface area contributed by atoms with Gasteiger partial charge in [0.15, 0.2) is 0 Å². The van der Waals surface area contributed by atoms with E-state index in [2.05, 4.69) is 29.2 Å². The second-order valence-corrected chi connectivity index (χ2v) is 6.93. The lowest BCUT2D eigenvalue weighted by molar-refractivity contribution is 0.0725. The number of aromatic nitrogens is 1. The lowest BCUT2D eigenvalue weighted by atomic mass is 10.0. The van der Waals surface area contributed by atoms with Crippen LogP contribution in [-0.4, -0.2) is 34.9 Å². The molecule has 1 amide bonds. The van der Waals surface area contributed by atoms with Crippen LogP contribution in [-0.2, 0) is 12.8 Å². The van der Waals surface area contributed by atoms with Crippen LogP contribution in [0.3, 0.4) is 0 Å². The standard InChI is InChI=1S/C18H23N3OS.ClH/c19-11-10-17-20-16(13-23-17)18(22)21-12-4-7-15(21)9-8-14-5-2-1-3-6-14;/h1-3,5-6,13,15H,4,7-12,19H2;1H. The first kappa shape index (κ1) is 18.9. The first-order valence-corrected chi connectivity index (χ1v) is 9.15. The molecule has 1 fully saturated rings. The van der Waals surface area contributed by atoms with Gasteiger partial charge in [-0.3, -0.25) is 4.79 Å². The van der Waals surface area contributed by atoms with E-state index in [1.807, 2.05) is 16.3 Å². The predicted octanol–water partition coefficient (Wildman–Crippen LogP) is 3.30. The fourth-order valence-electron chi connectivity index (χ4n) is 3.18. The van der Waals surface area contributed by atoms with E-state index in [1.54, 1.807) is 0 Å². The molecule has 1 unspecified atom stereocenters. The van der Waals surface area contributed by atoms with E-state index in [0.29, 0.717) is 18.3 Å². The minimum Gasteiger partial charge on any atom is -0.334 e. The van der Waals surface area contributed by atoms with Crippen LogP contribution in [0.5, 0.6) is 0 Å². The van der Waals surface area contributed by atoms with Gasteiger partial charge in [0.1, 0.15) is 5.69 Å². The third kappa shape index (κ3) is 4.56. The summed E-state index contributed by atoms with van der Waals surface area (Å²) in [6, 6.07) is 10.8. The van der Waals surface area contributed by atoms with Crippen LogP contribution in [0.25, 0.3) is 0 Å². The van der Waals surface area contributed by atoms with Gasteiger partial charge in [-0.15, -0.1) is 23.7 Å². The molecule has 1 saturated heterocycles. The maximum atomic E-state index is 12.7. The highest BCUT2D eigenvalue weighted by Gasteiger charge is 2.30. The minimum absolute atomic E-state index is 0. The van der Waals surface area contributed by atoms with Gasteiger partial charge in [0.05, 0.1) is 5.01 Å². The smallest absolute Gasteiger partial charge is 0.273 e. The average molecular weight is 366 g/mol. The zero-order valence-electron chi connectivity index (χ0n) is 13.7. The fourth-order valence-corrected chi connectivity index (χ4v) is 3.96. The topological polar surface area (TPSA) is 59.2 Å². The third-order valence-corrected chi connectivity index (χ3v) is 5.28. The highest BCUT2D eigenvalue weighted by Crippen LogP contribution is 2.24. The molecule has 0 spiro atoms. The number of nitrogens with two attached hydrogens (primary N) is 1. The number of benzene rings is 1. The maximum Gasteiger partial charge on any atom is 0.273 e. The van der Waals surface area contributed by atoms with Gasteiger partial charge < -0.3 is 10.6 Å². The summed E-state index contributed by atoms with van der Waals surface area (Å²) in [5, 5.41) is 2.83. The number of carbonyl (C=O) groups excluding carboxylic acids is 1. The summed E-state index contributed by atoms with van der Waals surface area (Å²) in [5.41, 5.74) is 7.48. The van der Waals surface area contributed by atoms with Gasteiger partial charge in [-0.1, -0.05) is 30.3 Å². The Kier molecular flexibility index (Phi) is 7.21. The third-order valence-electron chi connectivity index (χ3n) is 4.38. The number of hydrogen-bond acceptors (Lipinski definition) is 4. The number of nitrogens with zero attached hydrogens (tertiary/aromatic N) is 2. The summed E-state index contributed by atoms with van der Waals surface area (Å²) in [6.07, 6.45) is 4.97. The van der Waals surface area contributed by atoms with E-state index in [9.17, 15) is 4.79 Å². The number of carbonyl (C=O) groups is 1. The van der Waals surface area contributed by atoms with Crippen molar-refractivity contribution in [3.05, 3.63) is 52.0 Å². The monoisotopic (exact) mass is 365 g/mol. The van der Waals surface area contributed by atoms with Crippen molar-refractivity contribution in [3.8, 4) is 0 Å². The highest BCUT2D eigenvalue weighted by atomic mass is 35.5. The molecule has 2 N–H and O–H groups in total. The quantitative estimate of drug-likeness (QED) is 0.854. The highest BCUT2D eigenvalue weighted by molar-refractivity contribution is 7.09. The molecule has 1 atom stereocenters. The van der Waals surface area contributed by atoms with Crippen LogP contribution < -0.4 is 5.73 Å². The first-order chi connectivity index (χ1) is 11.3. The Morgan fingerprint density at radius 1 is 1.29 bits per heavy atom. The van der Waals surface area contributed by atoms with Crippen LogP contribution in [0.1, 0.15) is 40.3 Å². The average Bonchev–Trinajstić information content (AvgIpc) is 3.23. The molecule has 0 saturated carbocycles. The first-order valence-electron chi connectivity index (χ1n) is 8.27. The Bertz CT molecular complexity index is 647. The molecule has 2 heterocycles. The Balaban J connectivity index is 0.00000208. The number of amides is 1. The van der Waals surface area contributed by atoms with E-state index in [0.717, 1.165) is 43.7 Å². The summed E-state index contributed by atoms with van der Waals surface area (Å²) in [6.45, 7) is 1.42. The van der Waals surface area contributed by atoms with Crippen molar-refractivity contribution in [1.29, 1.82) is 0 Å². The van der Waals surface area contributed by atoms with Gasteiger partial charge in [-0.25, -0.2) is 4.98 Å². The van der Waals surface area contributed by atoms with Gasteiger partial charge in [-0.2, -0.15) is 0 Å². The number of hydrogen-bond donors (Lipinski definition) is 1. The van der Waals surface area contributed by atoms with E-state index < -0.39 is 0 Å². The van der Waals surface area contributed by atoms with Gasteiger partial charge in [0.25, 0.3) is 5.91 Å². The normalized spacial score (nSPS) is 16.9. The number of likely N-dealkylation sites (tertiary alicyclic amines) is 1. The molecule has 6 heteroatoms. The van der Waals surface area contributed by atoms with Crippen molar-refractivity contribution in [3.63, 3.8) is 0 Å². The zero-order chi connectivity index (χ0) is 16.1. The summed E-state index contributed by atoms with van der Waals surface area (Å²) in [5.74, 6) is 0.0834. The number of aryl methyl sites for hydroxylation is 1. The molecule has 0 aliphatic carbocycles. The summed E-state index contributed by atoms with van der Waals surface area (Å²) < 4.78 is 0. The van der Waals surface area contributed by atoms with Gasteiger partial charge >= 0.3 is 0 Å². The van der Waals surface area contributed by atoms with E-state index in [-0.39, 0.29) is 18.3 Å². The van der Waals surface area contributed by atoms with Crippen LogP contribution >= 0.6 is 23.7 Å². The maximum absolute atomic E-state index is 12.7. The van der Waals surface area contributed by atoms with Crippen molar-refractivity contribution < 1.29 is 4.79 Å². The zero-order valence-corrected chi connectivity index (χ0v) is 15.3. The van der Waals surface area contributed by atoms with Crippen molar-refractivity contribution in [1.82, 2.24) is 9.88 Å². The van der Waals surface area contributed by atoms with Crippen LogP contribution in [0.4, 0.5) is 0 Å². The number of rotatable bonds is 6. The molecule has 130 valence electrons. The molecule has 24 heavy (non-hydrogen) atoms. The van der Waals surface area contributed by atoms with Gasteiger partial charge in [0.2, 0.25) is 0 Å². The van der Waals surface area contributed by atoms with Gasteiger partial charge in [0, 0.05) is 24.4 Å². The molecule has 3 rings (SSSR count). The predicted molar refractivity (Wildman–Crippen MR) is 101 cm³/mol. The molecule has 4 nitrogen and oxygen atoms in total. The molecule has 0 bridgehead atoms. The second kappa shape index (κ2) is 9.16. The fraction of sp³-hybridized carbons (Fsp3) is 0.444. The molecule has 1 aromatic heterocycles. The SMILES string of the molecule is Cl.NCCc1nc(C(=O)N2CCCC2CCc2ccccc2)cs1. The van der Waals surface area contributed by atoms with Crippen molar-refractivity contribution in [2.45, 2.75) is 38.1 Å². The van der Waals surface area contributed by atoms with Gasteiger partial charge in [-0.05, 0) is 37.8 Å². The van der Waals surface area contributed by atoms with Crippen molar-refractivity contribution in [2.75, 3.05) is 13.1 Å². The largest absolute Gasteiger partial charge is 0.334 e. The molecule has 1 aromatic carbocycles. The van der Waals surface area contributed by atoms with E-state index in [4.69, 9.17) is 5.73 Å². The minimum atomic E-state index is 0. The lowest BCUT2D eigenvalue weighted by Gasteiger charge is -2.24. The Labute approximate surface area is 153 Å². The molecule has 2 aromatic rings. The number of thiazole rings is 1. The molecular weight excluding hydrogens is 342 g/mol. The van der Waals surface area contributed by atoms with Crippen LogP contribution in [0.2, 0.25) is 0 Å². The molecular formula is C18H24ClN3OS. The summed E-state index contributed by atoms with van der Waals surface area (Å²) >= 11 is 1.53. The Hall–Kier alpha value is -1.43. The summed E-state index contributed by atoms with van der Waals surface area (Å²) in [7, 11) is 0. The van der Waals surface area contributed by atoms with Crippen LogP contribution in [0.15, 0.2) is 35.7 Å². The molecule has 0 radical (unpaired) electrons. The lowest BCUT2D eigenvalue weighted by Crippen LogP contribution is -2.36. The number of halogens is 1. The van der Waals surface area contributed by atoms with E-state index in [1.165, 1.54) is 16.9 Å².